The number of hydrogen-bond donors (Lipinski definition) is 1. The van der Waals surface area contributed by atoms with Crippen LogP contribution in [0, 0.1) is 0 Å². The number of ether oxygens (including phenoxy) is 1. The van der Waals surface area contributed by atoms with Crippen LogP contribution in [0.25, 0.3) is 0 Å². The first-order chi connectivity index (χ1) is 11.2. The number of benzene rings is 1. The molecular weight excluding hydrogens is 356 g/mol. The monoisotopic (exact) mass is 372 g/mol. The summed E-state index contributed by atoms with van der Waals surface area (Å²) in [5, 5.41) is 4.98. The first-order valence-electron chi connectivity index (χ1n) is 6.69. The molecule has 0 aliphatic heterocycles. The summed E-state index contributed by atoms with van der Waals surface area (Å²) in [6, 6.07) is 3.37. The summed E-state index contributed by atoms with van der Waals surface area (Å²) in [4.78, 5) is 25.1. The maximum atomic E-state index is 12.0. The summed E-state index contributed by atoms with van der Waals surface area (Å²) in [6.45, 7) is 7.06. The van der Waals surface area contributed by atoms with E-state index in [-0.39, 0.29) is 28.6 Å². The molecule has 1 rings (SSSR count). The molecule has 1 amide bonds. The quantitative estimate of drug-likeness (QED) is 0.547. The van der Waals surface area contributed by atoms with E-state index in [2.05, 4.69) is 13.2 Å². The maximum absolute atomic E-state index is 12.0. The van der Waals surface area contributed by atoms with Gasteiger partial charge in [0.15, 0.2) is 6.61 Å². The molecule has 1 aromatic rings. The molecule has 0 spiro atoms. The van der Waals surface area contributed by atoms with Crippen molar-refractivity contribution in [1.82, 2.24) is 4.90 Å². The predicted octanol–water partition coefficient (Wildman–Crippen LogP) is 1.34. The molecule has 0 bridgehead atoms. The number of esters is 1. The standard InChI is InChI=1S/C15H17ClN2O5S/c1-3-7-18(8-4-2)14(19)10-23-15(20)12-9-11(24(17,21)22)5-6-13(12)16/h3-6,9H,1-2,7-8,10H2,(H2,17,21,22). The molecule has 0 saturated heterocycles. The lowest BCUT2D eigenvalue weighted by atomic mass is 10.2. The van der Waals surface area contributed by atoms with Crippen LogP contribution in [0.4, 0.5) is 0 Å². The lowest BCUT2D eigenvalue weighted by Gasteiger charge is -2.19. The minimum Gasteiger partial charge on any atom is -0.452 e. The second kappa shape index (κ2) is 8.62. The molecule has 0 saturated carbocycles. The van der Waals surface area contributed by atoms with Gasteiger partial charge in [0.1, 0.15) is 0 Å². The van der Waals surface area contributed by atoms with Crippen LogP contribution in [0.1, 0.15) is 10.4 Å². The Bertz CT molecular complexity index is 751. The van der Waals surface area contributed by atoms with E-state index in [0.29, 0.717) is 0 Å². The van der Waals surface area contributed by atoms with Gasteiger partial charge < -0.3 is 9.64 Å². The Morgan fingerprint density at radius 2 is 1.83 bits per heavy atom. The average Bonchev–Trinajstić information content (AvgIpc) is 2.51. The van der Waals surface area contributed by atoms with Crippen LogP contribution in [0.3, 0.4) is 0 Å². The zero-order valence-corrected chi connectivity index (χ0v) is 14.3. The van der Waals surface area contributed by atoms with Crippen molar-refractivity contribution < 1.29 is 22.7 Å². The van der Waals surface area contributed by atoms with Crippen molar-refractivity contribution in [3.05, 3.63) is 54.1 Å². The number of nitrogens with zero attached hydrogens (tertiary/aromatic N) is 1. The number of carbonyl (C=O) groups is 2. The van der Waals surface area contributed by atoms with E-state index in [1.165, 1.54) is 23.1 Å². The van der Waals surface area contributed by atoms with Crippen LogP contribution in [-0.4, -0.2) is 44.9 Å². The Morgan fingerprint density at radius 1 is 1.25 bits per heavy atom. The van der Waals surface area contributed by atoms with Crippen molar-refractivity contribution in [3.63, 3.8) is 0 Å². The van der Waals surface area contributed by atoms with Gasteiger partial charge in [0.25, 0.3) is 5.91 Å². The Hall–Kier alpha value is -2.16. The molecule has 0 aromatic heterocycles. The zero-order valence-electron chi connectivity index (χ0n) is 12.8. The Kier molecular flexibility index (Phi) is 7.15. The summed E-state index contributed by atoms with van der Waals surface area (Å²) in [5.74, 6) is -1.39. The van der Waals surface area contributed by atoms with Crippen molar-refractivity contribution in [2.24, 2.45) is 5.14 Å². The summed E-state index contributed by atoms with van der Waals surface area (Å²) < 4.78 is 27.5. The van der Waals surface area contributed by atoms with Crippen LogP contribution < -0.4 is 5.14 Å². The number of carbonyl (C=O) groups excluding carboxylic acids is 2. The third-order valence-corrected chi connectivity index (χ3v) is 4.11. The molecule has 0 atom stereocenters. The van der Waals surface area contributed by atoms with Gasteiger partial charge in [-0.1, -0.05) is 23.8 Å². The number of rotatable bonds is 8. The number of nitrogens with two attached hydrogens (primary N) is 1. The van der Waals surface area contributed by atoms with Gasteiger partial charge in [0, 0.05) is 13.1 Å². The molecule has 1 aromatic carbocycles. The van der Waals surface area contributed by atoms with Gasteiger partial charge in [-0.2, -0.15) is 0 Å². The van der Waals surface area contributed by atoms with Gasteiger partial charge in [-0.3, -0.25) is 4.79 Å². The molecule has 0 aliphatic carbocycles. The first kappa shape index (κ1) is 19.9. The van der Waals surface area contributed by atoms with Crippen LogP contribution in [0.5, 0.6) is 0 Å². The first-order valence-corrected chi connectivity index (χ1v) is 8.62. The van der Waals surface area contributed by atoms with E-state index in [1.54, 1.807) is 0 Å². The highest BCUT2D eigenvalue weighted by Crippen LogP contribution is 2.20. The van der Waals surface area contributed by atoms with Gasteiger partial charge in [0.05, 0.1) is 15.5 Å². The third-order valence-electron chi connectivity index (χ3n) is 2.86. The Labute approximate surface area is 145 Å². The van der Waals surface area contributed by atoms with Crippen LogP contribution >= 0.6 is 11.6 Å². The fraction of sp³-hybridized carbons (Fsp3) is 0.200. The summed E-state index contributed by atoms with van der Waals surface area (Å²) in [5.41, 5.74) is -0.199. The van der Waals surface area contributed by atoms with Crippen molar-refractivity contribution in [2.45, 2.75) is 4.90 Å². The number of hydrogen-bond acceptors (Lipinski definition) is 5. The summed E-state index contributed by atoms with van der Waals surface area (Å²) in [7, 11) is -4.00. The van der Waals surface area contributed by atoms with E-state index in [9.17, 15) is 18.0 Å². The Balaban J connectivity index is 2.87. The topological polar surface area (TPSA) is 107 Å². The summed E-state index contributed by atoms with van der Waals surface area (Å²) in [6.07, 6.45) is 3.05. The minimum atomic E-state index is -4.00. The predicted molar refractivity (Wildman–Crippen MR) is 90.1 cm³/mol. The van der Waals surface area contributed by atoms with Gasteiger partial charge >= 0.3 is 5.97 Å². The van der Waals surface area contributed by atoms with Gasteiger partial charge in [0.2, 0.25) is 10.0 Å². The molecule has 2 N–H and O–H groups in total. The zero-order chi connectivity index (χ0) is 18.3. The van der Waals surface area contributed by atoms with Gasteiger partial charge in [-0.15, -0.1) is 13.2 Å². The normalized spacial score (nSPS) is 10.8. The van der Waals surface area contributed by atoms with E-state index in [1.807, 2.05) is 0 Å². The van der Waals surface area contributed by atoms with Crippen molar-refractivity contribution >= 4 is 33.5 Å². The molecule has 0 radical (unpaired) electrons. The number of halogens is 1. The highest BCUT2D eigenvalue weighted by molar-refractivity contribution is 7.89. The lowest BCUT2D eigenvalue weighted by Crippen LogP contribution is -2.35. The Morgan fingerprint density at radius 3 is 2.33 bits per heavy atom. The maximum Gasteiger partial charge on any atom is 0.340 e. The van der Waals surface area contributed by atoms with E-state index in [4.69, 9.17) is 21.5 Å². The second-order valence-corrected chi connectivity index (χ2v) is 6.61. The molecule has 9 heteroatoms. The van der Waals surface area contributed by atoms with Gasteiger partial charge in [-0.25, -0.2) is 18.4 Å². The van der Waals surface area contributed by atoms with Crippen LogP contribution in [-0.2, 0) is 19.6 Å². The van der Waals surface area contributed by atoms with Crippen LogP contribution in [0.2, 0.25) is 5.02 Å². The number of amides is 1. The van der Waals surface area contributed by atoms with Gasteiger partial charge in [-0.05, 0) is 18.2 Å². The highest BCUT2D eigenvalue weighted by atomic mass is 35.5. The lowest BCUT2D eigenvalue weighted by molar-refractivity contribution is -0.133. The minimum absolute atomic E-state index is 0.0195. The van der Waals surface area contributed by atoms with Crippen LogP contribution in [0.15, 0.2) is 48.4 Å². The molecule has 0 heterocycles. The van der Waals surface area contributed by atoms with E-state index in [0.717, 1.165) is 12.1 Å². The fourth-order valence-electron chi connectivity index (χ4n) is 1.72. The number of sulfonamides is 1. The average molecular weight is 373 g/mol. The molecule has 7 nitrogen and oxygen atoms in total. The van der Waals surface area contributed by atoms with E-state index >= 15 is 0 Å². The second-order valence-electron chi connectivity index (χ2n) is 4.64. The molecule has 0 fully saturated rings. The smallest absolute Gasteiger partial charge is 0.340 e. The third kappa shape index (κ3) is 5.48. The molecular formula is C15H17ClN2O5S. The highest BCUT2D eigenvalue weighted by Gasteiger charge is 2.19. The SMILES string of the molecule is C=CCN(CC=C)C(=O)COC(=O)c1cc(S(N)(=O)=O)ccc1Cl. The molecule has 24 heavy (non-hydrogen) atoms. The largest absolute Gasteiger partial charge is 0.452 e. The molecule has 130 valence electrons. The number of primary sulfonamides is 1. The summed E-state index contributed by atoms with van der Waals surface area (Å²) >= 11 is 5.86. The van der Waals surface area contributed by atoms with Crippen molar-refractivity contribution in [3.8, 4) is 0 Å². The molecule has 0 aliphatic rings. The molecule has 0 unspecified atom stereocenters. The van der Waals surface area contributed by atoms with Crippen molar-refractivity contribution in [2.75, 3.05) is 19.7 Å². The fourth-order valence-corrected chi connectivity index (χ4v) is 2.46. The van der Waals surface area contributed by atoms with E-state index < -0.39 is 28.5 Å². The van der Waals surface area contributed by atoms with Crippen molar-refractivity contribution in [1.29, 1.82) is 0 Å².